The number of nitrogens with two attached hydrogens (primary N) is 1. The Hall–Kier alpha value is -2.51. The molecular weight excluding hydrogens is 289 g/mol. The van der Waals surface area contributed by atoms with Gasteiger partial charge in [0.2, 0.25) is 5.43 Å². The average Bonchev–Trinajstić information content (AvgIpc) is 3.12. The van der Waals surface area contributed by atoms with Gasteiger partial charge in [0.05, 0.1) is 22.6 Å². The summed E-state index contributed by atoms with van der Waals surface area (Å²) in [6, 6.07) is -0.297. The Kier molecular flexibility index (Phi) is 2.72. The minimum atomic E-state index is -1.57. The van der Waals surface area contributed by atoms with Gasteiger partial charge >= 0.3 is 5.97 Å². The van der Waals surface area contributed by atoms with Crippen LogP contribution in [0.4, 0.5) is 18.9 Å². The molecule has 0 bridgehead atoms. The molecule has 0 saturated heterocycles. The molecule has 3 N–H and O–H groups in total. The van der Waals surface area contributed by atoms with Gasteiger partial charge in [0.25, 0.3) is 0 Å². The molecule has 21 heavy (non-hydrogen) atoms. The van der Waals surface area contributed by atoms with E-state index in [9.17, 15) is 22.8 Å². The van der Waals surface area contributed by atoms with E-state index in [2.05, 4.69) is 0 Å². The van der Waals surface area contributed by atoms with Crippen LogP contribution in [0.1, 0.15) is 22.8 Å². The molecule has 0 radical (unpaired) electrons. The van der Waals surface area contributed by atoms with Crippen LogP contribution in [-0.2, 0) is 0 Å². The van der Waals surface area contributed by atoms with E-state index in [4.69, 9.17) is 10.8 Å². The maximum Gasteiger partial charge on any atom is 0.341 e. The molecule has 1 aliphatic carbocycles. The van der Waals surface area contributed by atoms with Crippen molar-refractivity contribution in [3.8, 4) is 0 Å². The number of aromatic nitrogens is 1. The van der Waals surface area contributed by atoms with E-state index in [1.807, 2.05) is 0 Å². The van der Waals surface area contributed by atoms with Gasteiger partial charge in [-0.3, -0.25) is 4.79 Å². The van der Waals surface area contributed by atoms with Crippen molar-refractivity contribution in [3.63, 3.8) is 0 Å². The maximum atomic E-state index is 14.0. The number of pyridine rings is 1. The lowest BCUT2D eigenvalue weighted by molar-refractivity contribution is 0.0694. The summed E-state index contributed by atoms with van der Waals surface area (Å²) >= 11 is 0. The molecule has 1 aromatic heterocycles. The van der Waals surface area contributed by atoms with Gasteiger partial charge < -0.3 is 15.4 Å². The summed E-state index contributed by atoms with van der Waals surface area (Å²) in [5, 5.41) is 8.43. The predicted octanol–water partition coefficient (Wildman–Crippen LogP) is 1.84. The van der Waals surface area contributed by atoms with Gasteiger partial charge in [-0.1, -0.05) is 0 Å². The third kappa shape index (κ3) is 1.86. The van der Waals surface area contributed by atoms with Gasteiger partial charge in [-0.2, -0.15) is 0 Å². The molecule has 8 heteroatoms. The zero-order valence-electron chi connectivity index (χ0n) is 10.4. The lowest BCUT2D eigenvalue weighted by atomic mass is 10.1. The van der Waals surface area contributed by atoms with Crippen LogP contribution >= 0.6 is 0 Å². The Labute approximate surface area is 115 Å². The second-order valence-electron chi connectivity index (χ2n) is 4.88. The number of rotatable bonds is 2. The molecule has 0 aliphatic heterocycles. The molecule has 0 unspecified atom stereocenters. The molecule has 5 nitrogen and oxygen atoms in total. The number of carboxylic acids is 1. The van der Waals surface area contributed by atoms with Crippen LogP contribution in [0.15, 0.2) is 17.1 Å². The van der Waals surface area contributed by atoms with E-state index >= 15 is 0 Å². The Balaban J connectivity index is 2.52. The second-order valence-corrected chi connectivity index (χ2v) is 4.88. The number of anilines is 1. The number of nitrogen functional groups attached to an aromatic ring is 1. The zero-order valence-corrected chi connectivity index (χ0v) is 10.4. The molecule has 1 saturated carbocycles. The van der Waals surface area contributed by atoms with Gasteiger partial charge in [-0.15, -0.1) is 0 Å². The number of aromatic carboxylic acids is 1. The molecule has 1 heterocycles. The van der Waals surface area contributed by atoms with Crippen molar-refractivity contribution >= 4 is 22.6 Å². The lowest BCUT2D eigenvalue weighted by Crippen LogP contribution is -2.21. The number of hydrogen-bond acceptors (Lipinski definition) is 3. The highest BCUT2D eigenvalue weighted by Crippen LogP contribution is 2.41. The summed E-state index contributed by atoms with van der Waals surface area (Å²) < 4.78 is 41.8. The van der Waals surface area contributed by atoms with Crippen molar-refractivity contribution in [2.45, 2.75) is 18.6 Å². The predicted molar refractivity (Wildman–Crippen MR) is 68.0 cm³/mol. The summed E-state index contributed by atoms with van der Waals surface area (Å²) in [6.45, 7) is 0. The second kappa shape index (κ2) is 4.24. The van der Waals surface area contributed by atoms with Crippen LogP contribution in [0, 0.1) is 11.6 Å². The summed E-state index contributed by atoms with van der Waals surface area (Å²) in [4.78, 5) is 23.2. The minimum absolute atomic E-state index is 0.0632. The number of alkyl halides is 1. The fourth-order valence-corrected chi connectivity index (χ4v) is 2.36. The number of carbonyl (C=O) groups is 1. The monoisotopic (exact) mass is 298 g/mol. The number of benzene rings is 1. The van der Waals surface area contributed by atoms with E-state index < -0.39 is 51.9 Å². The number of fused-ring (bicyclic) bond motifs is 1. The average molecular weight is 298 g/mol. The Morgan fingerprint density at radius 2 is 2.00 bits per heavy atom. The van der Waals surface area contributed by atoms with Crippen molar-refractivity contribution in [3.05, 3.63) is 39.7 Å². The highest BCUT2D eigenvalue weighted by atomic mass is 19.1. The number of nitrogens with zero attached hydrogens (tertiary/aromatic N) is 1. The van der Waals surface area contributed by atoms with E-state index in [0.29, 0.717) is 6.07 Å². The molecular formula is C13H9F3N2O3. The summed E-state index contributed by atoms with van der Waals surface area (Å²) in [5.74, 6) is -3.83. The highest BCUT2D eigenvalue weighted by molar-refractivity contribution is 5.97. The topological polar surface area (TPSA) is 85.3 Å². The lowest BCUT2D eigenvalue weighted by Gasteiger charge is -2.13. The highest BCUT2D eigenvalue weighted by Gasteiger charge is 2.40. The zero-order chi connectivity index (χ0) is 15.5. The first-order valence-electron chi connectivity index (χ1n) is 6.02. The van der Waals surface area contributed by atoms with Gasteiger partial charge in [0.15, 0.2) is 5.82 Å². The fourth-order valence-electron chi connectivity index (χ4n) is 2.36. The standard InChI is InChI=1S/C13H9F3N2O3/c14-5-2-8(5)18-3-4(13(20)21)12(19)9-10(17)6(15)1-7(16)11(9)18/h1,3,5,8H,2,17H2,(H,20,21)/t5-,8-/m0/s1. The largest absolute Gasteiger partial charge is 0.477 e. The van der Waals surface area contributed by atoms with E-state index in [-0.39, 0.29) is 11.9 Å². The third-order valence-electron chi connectivity index (χ3n) is 3.51. The minimum Gasteiger partial charge on any atom is -0.477 e. The smallest absolute Gasteiger partial charge is 0.341 e. The van der Waals surface area contributed by atoms with Crippen molar-refractivity contribution < 1.29 is 23.1 Å². The first kappa shape index (κ1) is 13.5. The van der Waals surface area contributed by atoms with Crippen LogP contribution in [0.5, 0.6) is 0 Å². The van der Waals surface area contributed by atoms with Crippen LogP contribution in [0.3, 0.4) is 0 Å². The Morgan fingerprint density at radius 1 is 1.38 bits per heavy atom. The number of carboxylic acid groups (broad SMARTS) is 1. The third-order valence-corrected chi connectivity index (χ3v) is 3.51. The van der Waals surface area contributed by atoms with E-state index in [1.165, 1.54) is 0 Å². The first-order chi connectivity index (χ1) is 9.82. The summed E-state index contributed by atoms with van der Waals surface area (Å²) in [5.41, 5.74) is 2.60. The normalized spacial score (nSPS) is 20.7. The molecule has 1 fully saturated rings. The Bertz CT molecular complexity index is 847. The van der Waals surface area contributed by atoms with E-state index in [1.54, 1.807) is 0 Å². The van der Waals surface area contributed by atoms with E-state index in [0.717, 1.165) is 10.8 Å². The Morgan fingerprint density at radius 3 is 2.52 bits per heavy atom. The summed E-state index contributed by atoms with van der Waals surface area (Å²) in [7, 11) is 0. The van der Waals surface area contributed by atoms with Gasteiger partial charge in [0.1, 0.15) is 17.6 Å². The molecule has 0 amide bonds. The molecule has 1 aromatic carbocycles. The van der Waals surface area contributed by atoms with Gasteiger partial charge in [0, 0.05) is 18.7 Å². The van der Waals surface area contributed by atoms with Crippen LogP contribution in [-0.4, -0.2) is 21.8 Å². The molecule has 0 spiro atoms. The maximum absolute atomic E-state index is 14.0. The van der Waals surface area contributed by atoms with Crippen molar-refractivity contribution in [2.75, 3.05) is 5.73 Å². The number of halogens is 3. The molecule has 2 atom stereocenters. The molecule has 3 rings (SSSR count). The van der Waals surface area contributed by atoms with Crippen molar-refractivity contribution in [1.29, 1.82) is 0 Å². The molecule has 110 valence electrons. The number of hydrogen-bond donors (Lipinski definition) is 2. The SMILES string of the molecule is Nc1c(F)cc(F)c2c1c(=O)c(C(=O)O)cn2[C@H]1C[C@@H]1F. The van der Waals surface area contributed by atoms with Crippen molar-refractivity contribution in [1.82, 2.24) is 4.57 Å². The quantitative estimate of drug-likeness (QED) is 0.828. The first-order valence-corrected chi connectivity index (χ1v) is 6.02. The van der Waals surface area contributed by atoms with Crippen LogP contribution in [0.25, 0.3) is 10.9 Å². The summed E-state index contributed by atoms with van der Waals surface area (Å²) in [6.07, 6.45) is -0.339. The van der Waals surface area contributed by atoms with Crippen LogP contribution in [0.2, 0.25) is 0 Å². The molecule has 2 aromatic rings. The fraction of sp³-hybridized carbons (Fsp3) is 0.231. The van der Waals surface area contributed by atoms with Gasteiger partial charge in [-0.25, -0.2) is 18.0 Å². The van der Waals surface area contributed by atoms with Crippen LogP contribution < -0.4 is 11.2 Å². The van der Waals surface area contributed by atoms with Crippen molar-refractivity contribution in [2.24, 2.45) is 0 Å². The molecule has 1 aliphatic rings. The van der Waals surface area contributed by atoms with Gasteiger partial charge in [-0.05, 0) is 0 Å².